The molecular weight excluding hydrogens is 276 g/mol. The highest BCUT2D eigenvalue weighted by molar-refractivity contribution is 6.35. The van der Waals surface area contributed by atoms with Crippen LogP contribution in [0.1, 0.15) is 6.92 Å². The number of hydrogen-bond acceptors (Lipinski definition) is 4. The first-order valence-electron chi connectivity index (χ1n) is 6.93. The Morgan fingerprint density at radius 1 is 1.50 bits per heavy atom. The molecule has 2 heterocycles. The van der Waals surface area contributed by atoms with Crippen LogP contribution in [-0.4, -0.2) is 46.8 Å². The molecule has 1 unspecified atom stereocenters. The fourth-order valence-electron chi connectivity index (χ4n) is 2.73. The fraction of sp³-hybridized carbons (Fsp3) is 0.500. The molecule has 2 N–H and O–H groups in total. The monoisotopic (exact) mass is 294 g/mol. The van der Waals surface area contributed by atoms with E-state index in [1.165, 1.54) is 0 Å². The second-order valence-corrected chi connectivity index (χ2v) is 5.48. The number of ether oxygens (including phenoxy) is 1. The van der Waals surface area contributed by atoms with Crippen molar-refractivity contribution >= 4 is 28.6 Å². The zero-order valence-corrected chi connectivity index (χ0v) is 12.3. The third kappa shape index (κ3) is 2.49. The maximum Gasteiger partial charge on any atom is 0.201 e. The lowest BCUT2D eigenvalue weighted by Gasteiger charge is -2.32. The van der Waals surface area contributed by atoms with E-state index in [1.54, 1.807) is 0 Å². The minimum Gasteiger partial charge on any atom is -0.374 e. The molecule has 0 radical (unpaired) electrons. The largest absolute Gasteiger partial charge is 0.374 e. The number of para-hydroxylation sites is 1. The summed E-state index contributed by atoms with van der Waals surface area (Å²) in [6.45, 7) is 6.57. The SMILES string of the molecule is CCN1CCOC(Cn2c(N)nc3cccc(Cl)c32)C1. The Labute approximate surface area is 123 Å². The number of nitrogen functional groups attached to an aromatic ring is 1. The van der Waals surface area contributed by atoms with Gasteiger partial charge in [0.25, 0.3) is 0 Å². The Morgan fingerprint density at radius 3 is 3.15 bits per heavy atom. The first-order chi connectivity index (χ1) is 9.69. The number of hydrogen-bond donors (Lipinski definition) is 1. The van der Waals surface area contributed by atoms with E-state index in [4.69, 9.17) is 22.1 Å². The van der Waals surface area contributed by atoms with Crippen LogP contribution in [0.25, 0.3) is 11.0 Å². The van der Waals surface area contributed by atoms with E-state index in [-0.39, 0.29) is 6.10 Å². The minimum absolute atomic E-state index is 0.125. The van der Waals surface area contributed by atoms with Crippen LogP contribution >= 0.6 is 11.6 Å². The maximum atomic E-state index is 6.28. The van der Waals surface area contributed by atoms with E-state index < -0.39 is 0 Å². The van der Waals surface area contributed by atoms with Gasteiger partial charge in [-0.1, -0.05) is 24.6 Å². The Kier molecular flexibility index (Phi) is 3.83. The van der Waals surface area contributed by atoms with E-state index in [0.717, 1.165) is 37.3 Å². The molecule has 1 atom stereocenters. The van der Waals surface area contributed by atoms with Gasteiger partial charge in [0, 0.05) is 13.1 Å². The number of halogens is 1. The number of nitrogens with two attached hydrogens (primary N) is 1. The summed E-state index contributed by atoms with van der Waals surface area (Å²) in [6.07, 6.45) is 0.125. The van der Waals surface area contributed by atoms with Crippen LogP contribution in [0.5, 0.6) is 0 Å². The Balaban J connectivity index is 1.89. The topological polar surface area (TPSA) is 56.3 Å². The first-order valence-corrected chi connectivity index (χ1v) is 7.31. The van der Waals surface area contributed by atoms with Gasteiger partial charge in [-0.3, -0.25) is 4.90 Å². The average molecular weight is 295 g/mol. The lowest BCUT2D eigenvalue weighted by Crippen LogP contribution is -2.44. The van der Waals surface area contributed by atoms with Gasteiger partial charge < -0.3 is 15.0 Å². The standard InChI is InChI=1S/C14H19ClN4O/c1-2-18-6-7-20-10(8-18)9-19-13-11(15)4-3-5-12(13)17-14(19)16/h3-5,10H,2,6-9H2,1H3,(H2,16,17). The summed E-state index contributed by atoms with van der Waals surface area (Å²) in [7, 11) is 0. The molecule has 0 spiro atoms. The third-order valence-corrected chi connectivity index (χ3v) is 4.11. The van der Waals surface area contributed by atoms with Crippen LogP contribution < -0.4 is 5.73 Å². The van der Waals surface area contributed by atoms with Gasteiger partial charge in [0.2, 0.25) is 5.95 Å². The summed E-state index contributed by atoms with van der Waals surface area (Å²) in [5.74, 6) is 0.491. The van der Waals surface area contributed by atoms with Crippen molar-refractivity contribution < 1.29 is 4.74 Å². The summed E-state index contributed by atoms with van der Waals surface area (Å²) >= 11 is 6.28. The Bertz CT molecular complexity index is 612. The van der Waals surface area contributed by atoms with E-state index in [1.807, 2.05) is 22.8 Å². The van der Waals surface area contributed by atoms with Crippen molar-refractivity contribution in [3.63, 3.8) is 0 Å². The molecule has 1 aromatic heterocycles. The second-order valence-electron chi connectivity index (χ2n) is 5.07. The molecule has 0 amide bonds. The van der Waals surface area contributed by atoms with Crippen LogP contribution in [-0.2, 0) is 11.3 Å². The van der Waals surface area contributed by atoms with Crippen molar-refractivity contribution in [2.24, 2.45) is 0 Å². The van der Waals surface area contributed by atoms with Crippen molar-refractivity contribution in [3.8, 4) is 0 Å². The Hall–Kier alpha value is -1.30. The molecule has 2 aromatic rings. The van der Waals surface area contributed by atoms with Crippen LogP contribution in [0.3, 0.4) is 0 Å². The van der Waals surface area contributed by atoms with Crippen LogP contribution in [0.15, 0.2) is 18.2 Å². The average Bonchev–Trinajstić information content (AvgIpc) is 2.77. The van der Waals surface area contributed by atoms with Crippen LogP contribution in [0.2, 0.25) is 5.02 Å². The predicted octanol–water partition coefficient (Wildman–Crippen LogP) is 1.99. The van der Waals surface area contributed by atoms with Gasteiger partial charge in [-0.25, -0.2) is 4.98 Å². The molecule has 0 saturated carbocycles. The number of likely N-dealkylation sites (N-methyl/N-ethyl adjacent to an activating group) is 1. The number of nitrogens with zero attached hydrogens (tertiary/aromatic N) is 3. The van der Waals surface area contributed by atoms with E-state index in [0.29, 0.717) is 17.5 Å². The molecule has 6 heteroatoms. The van der Waals surface area contributed by atoms with E-state index >= 15 is 0 Å². The predicted molar refractivity (Wildman–Crippen MR) is 81.0 cm³/mol. The van der Waals surface area contributed by atoms with Gasteiger partial charge in [0.05, 0.1) is 35.3 Å². The Morgan fingerprint density at radius 2 is 2.35 bits per heavy atom. The van der Waals surface area contributed by atoms with Gasteiger partial charge in [-0.15, -0.1) is 0 Å². The third-order valence-electron chi connectivity index (χ3n) is 3.80. The van der Waals surface area contributed by atoms with Crippen molar-refractivity contribution in [2.75, 3.05) is 32.0 Å². The smallest absolute Gasteiger partial charge is 0.201 e. The van der Waals surface area contributed by atoms with Gasteiger partial charge in [-0.2, -0.15) is 0 Å². The van der Waals surface area contributed by atoms with Crippen molar-refractivity contribution in [3.05, 3.63) is 23.2 Å². The molecule has 1 aromatic carbocycles. The fourth-order valence-corrected chi connectivity index (χ4v) is 3.00. The summed E-state index contributed by atoms with van der Waals surface area (Å²) in [5, 5.41) is 0.676. The van der Waals surface area contributed by atoms with Crippen molar-refractivity contribution in [2.45, 2.75) is 19.6 Å². The van der Waals surface area contributed by atoms with Gasteiger partial charge in [0.1, 0.15) is 0 Å². The quantitative estimate of drug-likeness (QED) is 0.940. The van der Waals surface area contributed by atoms with Crippen molar-refractivity contribution in [1.82, 2.24) is 14.5 Å². The van der Waals surface area contributed by atoms with E-state index in [2.05, 4.69) is 16.8 Å². The van der Waals surface area contributed by atoms with Gasteiger partial charge >= 0.3 is 0 Å². The maximum absolute atomic E-state index is 6.28. The number of morpholine rings is 1. The number of fused-ring (bicyclic) bond motifs is 1. The normalized spacial score (nSPS) is 20.6. The lowest BCUT2D eigenvalue weighted by molar-refractivity contribution is -0.0335. The van der Waals surface area contributed by atoms with E-state index in [9.17, 15) is 0 Å². The molecule has 108 valence electrons. The summed E-state index contributed by atoms with van der Waals surface area (Å²) in [4.78, 5) is 6.75. The van der Waals surface area contributed by atoms with Gasteiger partial charge in [-0.05, 0) is 18.7 Å². The number of imidazole rings is 1. The molecular formula is C14H19ClN4O. The molecule has 1 saturated heterocycles. The molecule has 20 heavy (non-hydrogen) atoms. The van der Waals surface area contributed by atoms with Crippen molar-refractivity contribution in [1.29, 1.82) is 0 Å². The molecule has 0 aliphatic carbocycles. The zero-order chi connectivity index (χ0) is 14.1. The highest BCUT2D eigenvalue weighted by Gasteiger charge is 2.22. The molecule has 3 rings (SSSR count). The molecule has 5 nitrogen and oxygen atoms in total. The molecule has 1 fully saturated rings. The molecule has 1 aliphatic heterocycles. The van der Waals surface area contributed by atoms with Gasteiger partial charge in [0.15, 0.2) is 0 Å². The highest BCUT2D eigenvalue weighted by atomic mass is 35.5. The summed E-state index contributed by atoms with van der Waals surface area (Å²) in [5.41, 5.74) is 7.75. The lowest BCUT2D eigenvalue weighted by atomic mass is 10.2. The molecule has 1 aliphatic rings. The summed E-state index contributed by atoms with van der Waals surface area (Å²) in [6, 6.07) is 5.67. The highest BCUT2D eigenvalue weighted by Crippen LogP contribution is 2.26. The van der Waals surface area contributed by atoms with Crippen LogP contribution in [0, 0.1) is 0 Å². The second kappa shape index (κ2) is 5.60. The van der Waals surface area contributed by atoms with Crippen LogP contribution in [0.4, 0.5) is 5.95 Å². The summed E-state index contributed by atoms with van der Waals surface area (Å²) < 4.78 is 7.80. The number of rotatable bonds is 3. The molecule has 0 bridgehead atoms. The number of benzene rings is 1. The number of anilines is 1. The first kappa shape index (κ1) is 13.7. The number of aromatic nitrogens is 2. The minimum atomic E-state index is 0.125. The zero-order valence-electron chi connectivity index (χ0n) is 11.6.